The zero-order chi connectivity index (χ0) is 26.8. The lowest BCUT2D eigenvalue weighted by atomic mass is 9.99. The van der Waals surface area contributed by atoms with E-state index < -0.39 is 8.16 Å². The van der Waals surface area contributed by atoms with Crippen LogP contribution in [0.3, 0.4) is 0 Å². The number of rotatable bonds is 1. The summed E-state index contributed by atoms with van der Waals surface area (Å²) in [6, 6.07) is 38.6. The first-order chi connectivity index (χ1) is 19.6. The second-order valence-corrected chi connectivity index (χ2v) is 13.5. The standard InChI is InChI=1S/C34H20I2NO2P/c35-25-13-15-27-23(19-25)11-17-31-33(27)34-28-16-14-26(36)20-24(28)12-18-32(34)39-40(38-31)37-29-7-3-1-5-21(29)9-10-22-6-2-4-8-30(22)37/h1-20H. The lowest BCUT2D eigenvalue weighted by Crippen LogP contribution is -2.07. The van der Waals surface area contributed by atoms with Crippen molar-refractivity contribution in [3.05, 3.63) is 127 Å². The summed E-state index contributed by atoms with van der Waals surface area (Å²) < 4.78 is 18.6. The molecule has 0 atom stereocenters. The van der Waals surface area contributed by atoms with Crippen LogP contribution in [0.4, 0.5) is 11.4 Å². The number of nitrogens with zero attached hydrogens (tertiary/aromatic N) is 1. The monoisotopic (exact) mass is 759 g/mol. The van der Waals surface area contributed by atoms with Crippen molar-refractivity contribution in [2.75, 3.05) is 4.67 Å². The van der Waals surface area contributed by atoms with E-state index >= 15 is 0 Å². The van der Waals surface area contributed by atoms with Gasteiger partial charge in [-0.05, 0) is 126 Å². The molecule has 0 N–H and O–H groups in total. The summed E-state index contributed by atoms with van der Waals surface area (Å²) >= 11 is 4.76. The van der Waals surface area contributed by atoms with Gasteiger partial charge in [0.2, 0.25) is 0 Å². The van der Waals surface area contributed by atoms with Gasteiger partial charge in [-0.3, -0.25) is 0 Å². The van der Waals surface area contributed by atoms with Gasteiger partial charge in [-0.15, -0.1) is 0 Å². The molecule has 1 aliphatic rings. The van der Waals surface area contributed by atoms with E-state index in [-0.39, 0.29) is 0 Å². The van der Waals surface area contributed by atoms with E-state index in [1.807, 2.05) is 0 Å². The lowest BCUT2D eigenvalue weighted by molar-refractivity contribution is 0.640. The average Bonchev–Trinajstić information content (AvgIpc) is 3.25. The smallest absolute Gasteiger partial charge is 0.346 e. The molecule has 3 nitrogen and oxygen atoms in total. The topological polar surface area (TPSA) is 29.5 Å². The van der Waals surface area contributed by atoms with E-state index in [9.17, 15) is 0 Å². The molecule has 1 aliphatic heterocycles. The normalized spacial score (nSPS) is 12.6. The van der Waals surface area contributed by atoms with Gasteiger partial charge in [-0.25, -0.2) is 4.67 Å². The fourth-order valence-electron chi connectivity index (χ4n) is 5.63. The molecule has 0 radical (unpaired) electrons. The molecule has 1 aromatic heterocycles. The van der Waals surface area contributed by atoms with Gasteiger partial charge in [0, 0.05) is 17.9 Å². The minimum Gasteiger partial charge on any atom is -0.403 e. The van der Waals surface area contributed by atoms with Gasteiger partial charge < -0.3 is 8.39 Å². The fourth-order valence-corrected chi connectivity index (χ4v) is 8.21. The van der Waals surface area contributed by atoms with Gasteiger partial charge in [0.15, 0.2) is 0 Å². The Labute approximate surface area is 259 Å². The second-order valence-electron chi connectivity index (χ2n) is 9.79. The molecule has 0 saturated heterocycles. The van der Waals surface area contributed by atoms with Crippen molar-refractivity contribution in [2.24, 2.45) is 0 Å². The van der Waals surface area contributed by atoms with Crippen molar-refractivity contribution in [1.82, 2.24) is 0 Å². The van der Waals surface area contributed by atoms with Crippen LogP contribution >= 0.6 is 53.3 Å². The summed E-state index contributed by atoms with van der Waals surface area (Å²) in [7, 11) is -1.61. The Balaban J connectivity index is 1.57. The van der Waals surface area contributed by atoms with Crippen LogP contribution in [0.1, 0.15) is 11.1 Å². The minimum absolute atomic E-state index is 0.830. The Kier molecular flexibility index (Phi) is 5.94. The van der Waals surface area contributed by atoms with Crippen molar-refractivity contribution in [1.29, 1.82) is 0 Å². The highest BCUT2D eigenvalue weighted by Crippen LogP contribution is 2.50. The third-order valence-corrected chi connectivity index (χ3v) is 10.2. The number of halogens is 2. The van der Waals surface area contributed by atoms with Gasteiger partial charge in [-0.2, -0.15) is 0 Å². The highest BCUT2D eigenvalue weighted by molar-refractivity contribution is 14.1. The maximum Gasteiger partial charge on any atom is 0.346 e. The van der Waals surface area contributed by atoms with Crippen LogP contribution in [0, 0.1) is 7.14 Å². The summed E-state index contributed by atoms with van der Waals surface area (Å²) in [4.78, 5) is 0. The van der Waals surface area contributed by atoms with E-state index in [1.54, 1.807) is 0 Å². The van der Waals surface area contributed by atoms with E-state index in [2.05, 4.69) is 171 Å². The molecule has 0 saturated carbocycles. The van der Waals surface area contributed by atoms with Crippen molar-refractivity contribution >= 4 is 120 Å². The Morgan fingerprint density at radius 3 is 1.50 bits per heavy atom. The molecule has 0 unspecified atom stereocenters. The summed E-state index contributed by atoms with van der Waals surface area (Å²) in [5, 5.41) is 6.84. The molecule has 7 aromatic rings. The number of hydrogen-bond acceptors (Lipinski definition) is 3. The third kappa shape index (κ3) is 3.98. The van der Waals surface area contributed by atoms with E-state index in [1.165, 1.54) is 17.9 Å². The van der Waals surface area contributed by atoms with E-state index in [0.29, 0.717) is 0 Å². The molecule has 0 bridgehead atoms. The minimum atomic E-state index is -1.61. The van der Waals surface area contributed by atoms with E-state index in [0.717, 1.165) is 55.2 Å². The van der Waals surface area contributed by atoms with Gasteiger partial charge in [0.25, 0.3) is 0 Å². The molecule has 40 heavy (non-hydrogen) atoms. The van der Waals surface area contributed by atoms with Gasteiger partial charge >= 0.3 is 8.16 Å². The Bertz CT molecular complexity index is 2070. The van der Waals surface area contributed by atoms with Crippen LogP contribution in [-0.4, -0.2) is 0 Å². The van der Waals surface area contributed by atoms with Crippen molar-refractivity contribution in [3.63, 3.8) is 0 Å². The molecule has 8 rings (SSSR count). The second kappa shape index (κ2) is 9.68. The average molecular weight is 759 g/mol. The zero-order valence-corrected chi connectivity index (χ0v) is 26.2. The van der Waals surface area contributed by atoms with Gasteiger partial charge in [0.1, 0.15) is 11.2 Å². The fraction of sp³-hybridized carbons (Fsp3) is 0. The summed E-state index contributed by atoms with van der Waals surface area (Å²) in [6.45, 7) is 0. The summed E-state index contributed by atoms with van der Waals surface area (Å²) in [6.07, 6.45) is 4.35. The quantitative estimate of drug-likeness (QED) is 0.156. The summed E-state index contributed by atoms with van der Waals surface area (Å²) in [5.74, 6) is 0. The first-order valence-corrected chi connectivity index (χ1v) is 16.2. The molecule has 0 spiro atoms. The van der Waals surface area contributed by atoms with Crippen LogP contribution in [0.15, 0.2) is 118 Å². The number of benzene rings is 6. The molecule has 192 valence electrons. The molecule has 2 heterocycles. The summed E-state index contributed by atoms with van der Waals surface area (Å²) in [5.41, 5.74) is 6.03. The van der Waals surface area contributed by atoms with Crippen molar-refractivity contribution < 1.29 is 8.39 Å². The predicted octanol–water partition coefficient (Wildman–Crippen LogP) is 11.9. The molecule has 6 aromatic carbocycles. The third-order valence-electron chi connectivity index (χ3n) is 7.43. The van der Waals surface area contributed by atoms with Crippen LogP contribution < -0.4 is 4.67 Å². The number of para-hydroxylation sites is 2. The Morgan fingerprint density at radius 1 is 0.525 bits per heavy atom. The molecular weight excluding hydrogens is 739 g/mol. The molecule has 0 amide bonds. The highest BCUT2D eigenvalue weighted by atomic mass is 127. The predicted molar refractivity (Wildman–Crippen MR) is 186 cm³/mol. The van der Waals surface area contributed by atoms with E-state index in [4.69, 9.17) is 8.39 Å². The Hall–Kier alpha value is -3.26. The molecular formula is C34H20I2NO2P. The molecule has 0 fully saturated rings. The van der Waals surface area contributed by atoms with Crippen molar-refractivity contribution in [3.8, 4) is 0 Å². The SMILES string of the molecule is Ic1ccc2c(ccc3op(N4c5ccccc5C=Cc5ccccc54)oc4ccc5cc(I)ccc5c4c32)c1. The van der Waals surface area contributed by atoms with Crippen LogP contribution in [0.25, 0.3) is 55.6 Å². The maximum atomic E-state index is 7.00. The molecule has 0 aliphatic carbocycles. The van der Waals surface area contributed by atoms with Gasteiger partial charge in [0.05, 0.1) is 11.4 Å². The first kappa shape index (κ1) is 24.5. The zero-order valence-electron chi connectivity index (χ0n) is 21.0. The Morgan fingerprint density at radius 2 is 1.00 bits per heavy atom. The van der Waals surface area contributed by atoms with Crippen LogP contribution in [0.5, 0.6) is 0 Å². The highest BCUT2D eigenvalue weighted by Gasteiger charge is 2.24. The number of anilines is 2. The van der Waals surface area contributed by atoms with Crippen LogP contribution in [0.2, 0.25) is 0 Å². The maximum absolute atomic E-state index is 7.00. The molecule has 6 heteroatoms. The number of hydrogen-bond donors (Lipinski definition) is 0. The number of fused-ring (bicyclic) bond motifs is 9. The largest absolute Gasteiger partial charge is 0.403 e. The first-order valence-electron chi connectivity index (χ1n) is 12.9. The lowest BCUT2D eigenvalue weighted by Gasteiger charge is -2.23. The van der Waals surface area contributed by atoms with Crippen molar-refractivity contribution in [2.45, 2.75) is 0 Å². The van der Waals surface area contributed by atoms with Gasteiger partial charge in [-0.1, -0.05) is 72.8 Å². The van der Waals surface area contributed by atoms with Crippen LogP contribution in [-0.2, 0) is 0 Å².